The molecule has 3 rings (SSSR count). The molecule has 2 heterocycles. The van der Waals surface area contributed by atoms with Gasteiger partial charge in [0.05, 0.1) is 19.4 Å². The lowest BCUT2D eigenvalue weighted by molar-refractivity contribution is 0.122. The molecule has 1 aliphatic heterocycles. The second kappa shape index (κ2) is 5.83. The van der Waals surface area contributed by atoms with Gasteiger partial charge in [-0.25, -0.2) is 0 Å². The van der Waals surface area contributed by atoms with Crippen molar-refractivity contribution in [2.24, 2.45) is 0 Å². The molecule has 0 bridgehead atoms. The number of aromatic nitrogens is 3. The molecule has 0 amide bonds. The largest absolute Gasteiger partial charge is 0.378 e. The van der Waals surface area contributed by atoms with E-state index in [0.717, 1.165) is 37.8 Å². The normalized spacial score (nSPS) is 15.2. The summed E-state index contributed by atoms with van der Waals surface area (Å²) in [7, 11) is 0. The number of benzene rings is 1. The van der Waals surface area contributed by atoms with Gasteiger partial charge in [0.15, 0.2) is 5.82 Å². The Morgan fingerprint density at radius 3 is 2.90 bits per heavy atom. The molecule has 1 aromatic heterocycles. The lowest BCUT2D eigenvalue weighted by atomic mass is 10.2. The number of anilines is 3. The highest BCUT2D eigenvalue weighted by Crippen LogP contribution is 2.17. The summed E-state index contributed by atoms with van der Waals surface area (Å²) in [5.41, 5.74) is 2.15. The van der Waals surface area contributed by atoms with Crippen LogP contribution in [0.15, 0.2) is 30.5 Å². The van der Waals surface area contributed by atoms with Gasteiger partial charge >= 0.3 is 0 Å². The van der Waals surface area contributed by atoms with E-state index in [2.05, 4.69) is 38.4 Å². The molecule has 1 N–H and O–H groups in total. The van der Waals surface area contributed by atoms with Crippen molar-refractivity contribution in [3.05, 3.63) is 36.0 Å². The summed E-state index contributed by atoms with van der Waals surface area (Å²) in [5, 5.41) is 11.2. The van der Waals surface area contributed by atoms with E-state index in [1.165, 1.54) is 5.56 Å². The Morgan fingerprint density at radius 2 is 2.10 bits per heavy atom. The molecular formula is C14H17N5O. The predicted molar refractivity (Wildman–Crippen MR) is 77.3 cm³/mol. The maximum atomic E-state index is 5.34. The monoisotopic (exact) mass is 271 g/mol. The zero-order valence-electron chi connectivity index (χ0n) is 11.4. The van der Waals surface area contributed by atoms with Crippen molar-refractivity contribution in [3.8, 4) is 0 Å². The third-order valence-corrected chi connectivity index (χ3v) is 3.16. The van der Waals surface area contributed by atoms with Crippen LogP contribution >= 0.6 is 0 Å². The first-order chi connectivity index (χ1) is 9.81. The fraction of sp³-hybridized carbons (Fsp3) is 0.357. The summed E-state index contributed by atoms with van der Waals surface area (Å²) in [5.74, 6) is 1.35. The van der Waals surface area contributed by atoms with Crippen molar-refractivity contribution in [3.63, 3.8) is 0 Å². The maximum absolute atomic E-state index is 5.34. The highest BCUT2D eigenvalue weighted by molar-refractivity contribution is 5.55. The van der Waals surface area contributed by atoms with E-state index in [4.69, 9.17) is 4.74 Å². The Labute approximate surface area is 117 Å². The molecule has 104 valence electrons. The number of nitrogens with zero attached hydrogens (tertiary/aromatic N) is 4. The maximum Gasteiger partial charge on any atom is 0.249 e. The fourth-order valence-corrected chi connectivity index (χ4v) is 2.14. The van der Waals surface area contributed by atoms with Crippen molar-refractivity contribution in [2.75, 3.05) is 36.5 Å². The van der Waals surface area contributed by atoms with Gasteiger partial charge in [0.25, 0.3) is 0 Å². The van der Waals surface area contributed by atoms with E-state index in [1.807, 2.05) is 18.2 Å². The third-order valence-electron chi connectivity index (χ3n) is 3.16. The number of aryl methyl sites for hydroxylation is 1. The van der Waals surface area contributed by atoms with Crippen LogP contribution in [-0.2, 0) is 4.74 Å². The van der Waals surface area contributed by atoms with Crippen molar-refractivity contribution < 1.29 is 4.74 Å². The molecule has 6 nitrogen and oxygen atoms in total. The molecule has 1 saturated heterocycles. The fourth-order valence-electron chi connectivity index (χ4n) is 2.14. The number of hydrogen-bond acceptors (Lipinski definition) is 6. The van der Waals surface area contributed by atoms with Crippen molar-refractivity contribution in [2.45, 2.75) is 6.92 Å². The van der Waals surface area contributed by atoms with E-state index in [9.17, 15) is 0 Å². The van der Waals surface area contributed by atoms with Crippen LogP contribution in [0.4, 0.5) is 17.5 Å². The van der Waals surface area contributed by atoms with Crippen LogP contribution < -0.4 is 10.2 Å². The molecule has 0 saturated carbocycles. The second-order valence-electron chi connectivity index (χ2n) is 4.73. The van der Waals surface area contributed by atoms with Crippen LogP contribution in [0.25, 0.3) is 0 Å². The number of hydrogen-bond donors (Lipinski definition) is 1. The molecule has 0 radical (unpaired) electrons. The highest BCUT2D eigenvalue weighted by atomic mass is 16.5. The Bertz CT molecular complexity index is 583. The standard InChI is InChI=1S/C14H17N5O/c1-11-3-2-4-12(9-11)16-14-17-13(10-15-18-14)19-5-7-20-8-6-19/h2-4,9-10H,5-8H2,1H3,(H,16,17,18). The molecular weight excluding hydrogens is 254 g/mol. The minimum Gasteiger partial charge on any atom is -0.378 e. The molecule has 1 aromatic carbocycles. The summed E-state index contributed by atoms with van der Waals surface area (Å²) >= 11 is 0. The molecule has 0 aliphatic carbocycles. The number of nitrogens with one attached hydrogen (secondary N) is 1. The zero-order chi connectivity index (χ0) is 13.8. The quantitative estimate of drug-likeness (QED) is 0.917. The van der Waals surface area contributed by atoms with Crippen LogP contribution in [0.2, 0.25) is 0 Å². The molecule has 2 aromatic rings. The van der Waals surface area contributed by atoms with Crippen LogP contribution in [0.1, 0.15) is 5.56 Å². The lowest BCUT2D eigenvalue weighted by Crippen LogP contribution is -2.36. The van der Waals surface area contributed by atoms with Crippen molar-refractivity contribution in [1.82, 2.24) is 15.2 Å². The number of morpholine rings is 1. The minimum absolute atomic E-state index is 0.514. The Hall–Kier alpha value is -2.21. The van der Waals surface area contributed by atoms with Crippen LogP contribution in [0.5, 0.6) is 0 Å². The summed E-state index contributed by atoms with van der Waals surface area (Å²) < 4.78 is 5.34. The van der Waals surface area contributed by atoms with Gasteiger partial charge in [-0.3, -0.25) is 0 Å². The van der Waals surface area contributed by atoms with Crippen LogP contribution in [0.3, 0.4) is 0 Å². The van der Waals surface area contributed by atoms with Gasteiger partial charge in [0.1, 0.15) is 0 Å². The topological polar surface area (TPSA) is 63.2 Å². The van der Waals surface area contributed by atoms with Gasteiger partial charge in [-0.05, 0) is 24.6 Å². The van der Waals surface area contributed by atoms with Crippen LogP contribution in [-0.4, -0.2) is 41.5 Å². The van der Waals surface area contributed by atoms with Gasteiger partial charge in [0, 0.05) is 18.8 Å². The molecule has 0 spiro atoms. The number of ether oxygens (including phenoxy) is 1. The highest BCUT2D eigenvalue weighted by Gasteiger charge is 2.13. The van der Waals surface area contributed by atoms with Crippen molar-refractivity contribution >= 4 is 17.5 Å². The van der Waals surface area contributed by atoms with Gasteiger partial charge in [-0.2, -0.15) is 10.1 Å². The van der Waals surface area contributed by atoms with Gasteiger partial charge in [-0.15, -0.1) is 5.10 Å². The zero-order valence-corrected chi connectivity index (χ0v) is 11.4. The minimum atomic E-state index is 0.514. The van der Waals surface area contributed by atoms with E-state index in [-0.39, 0.29) is 0 Å². The van der Waals surface area contributed by atoms with Crippen LogP contribution in [0, 0.1) is 6.92 Å². The molecule has 0 unspecified atom stereocenters. The Balaban J connectivity index is 1.77. The summed E-state index contributed by atoms with van der Waals surface area (Å²) in [6.45, 7) is 5.18. The Morgan fingerprint density at radius 1 is 1.25 bits per heavy atom. The van der Waals surface area contributed by atoms with E-state index in [0.29, 0.717) is 5.95 Å². The summed E-state index contributed by atoms with van der Waals surface area (Å²) in [6, 6.07) is 8.08. The average Bonchev–Trinajstić information content (AvgIpc) is 2.48. The molecule has 0 atom stereocenters. The van der Waals surface area contributed by atoms with Gasteiger partial charge < -0.3 is 15.0 Å². The first-order valence-corrected chi connectivity index (χ1v) is 6.67. The molecule has 6 heteroatoms. The predicted octanol–water partition coefficient (Wildman–Crippen LogP) is 1.76. The van der Waals surface area contributed by atoms with Gasteiger partial charge in [-0.1, -0.05) is 12.1 Å². The third kappa shape index (κ3) is 3.03. The first kappa shape index (κ1) is 12.8. The van der Waals surface area contributed by atoms with E-state index in [1.54, 1.807) is 6.20 Å². The van der Waals surface area contributed by atoms with E-state index < -0.39 is 0 Å². The second-order valence-corrected chi connectivity index (χ2v) is 4.73. The van der Waals surface area contributed by atoms with Gasteiger partial charge in [0.2, 0.25) is 5.95 Å². The first-order valence-electron chi connectivity index (χ1n) is 6.67. The smallest absolute Gasteiger partial charge is 0.249 e. The van der Waals surface area contributed by atoms with E-state index >= 15 is 0 Å². The summed E-state index contributed by atoms with van der Waals surface area (Å²) in [6.07, 6.45) is 1.69. The molecule has 1 fully saturated rings. The average molecular weight is 271 g/mol. The molecule has 20 heavy (non-hydrogen) atoms. The Kier molecular flexibility index (Phi) is 3.73. The molecule has 1 aliphatic rings. The SMILES string of the molecule is Cc1cccc(Nc2nncc(N3CCOCC3)n2)c1. The lowest BCUT2D eigenvalue weighted by Gasteiger charge is -2.27. The van der Waals surface area contributed by atoms with Crippen molar-refractivity contribution in [1.29, 1.82) is 0 Å². The number of rotatable bonds is 3. The summed E-state index contributed by atoms with van der Waals surface area (Å²) in [4.78, 5) is 6.66.